The third-order valence-corrected chi connectivity index (χ3v) is 3.51. The third-order valence-electron chi connectivity index (χ3n) is 2.15. The highest BCUT2D eigenvalue weighted by Gasteiger charge is 2.14. The summed E-state index contributed by atoms with van der Waals surface area (Å²) in [6.07, 6.45) is 1.95. The minimum absolute atomic E-state index is 0.0409. The van der Waals surface area contributed by atoms with Crippen molar-refractivity contribution in [3.05, 3.63) is 16.3 Å². The summed E-state index contributed by atoms with van der Waals surface area (Å²) in [5, 5.41) is 4.81. The molecule has 0 saturated carbocycles. The van der Waals surface area contributed by atoms with Crippen LogP contribution in [0.1, 0.15) is 29.4 Å². The highest BCUT2D eigenvalue weighted by atomic mass is 32.1. The predicted octanol–water partition coefficient (Wildman–Crippen LogP) is 2.58. The van der Waals surface area contributed by atoms with Crippen molar-refractivity contribution in [2.45, 2.75) is 30.7 Å². The smallest absolute Gasteiger partial charge is 0.261 e. The maximum absolute atomic E-state index is 11.8. The summed E-state index contributed by atoms with van der Waals surface area (Å²) in [6.45, 7) is 2.64. The van der Waals surface area contributed by atoms with Crippen molar-refractivity contribution in [3.8, 4) is 0 Å². The minimum Gasteiger partial charge on any atom is -0.383 e. The third kappa shape index (κ3) is 4.15. The Labute approximate surface area is 106 Å². The van der Waals surface area contributed by atoms with E-state index in [1.807, 2.05) is 5.38 Å². The zero-order chi connectivity index (χ0) is 12.0. The number of rotatable bonds is 6. The van der Waals surface area contributed by atoms with Gasteiger partial charge in [0.05, 0.1) is 17.5 Å². The number of carbonyl (C=O) groups is 1. The molecule has 0 aliphatic carbocycles. The van der Waals surface area contributed by atoms with Crippen LogP contribution in [0.5, 0.6) is 0 Å². The zero-order valence-corrected chi connectivity index (χ0v) is 11.2. The Bertz CT molecular complexity index is 332. The molecule has 0 aliphatic rings. The van der Waals surface area contributed by atoms with E-state index in [2.05, 4.69) is 24.9 Å². The second-order valence-corrected chi connectivity index (χ2v) is 5.01. The lowest BCUT2D eigenvalue weighted by Gasteiger charge is -2.16. The molecule has 1 heterocycles. The van der Waals surface area contributed by atoms with Gasteiger partial charge in [-0.3, -0.25) is 4.79 Å². The lowest BCUT2D eigenvalue weighted by molar-refractivity contribution is 0.0895. The van der Waals surface area contributed by atoms with Crippen LogP contribution in [-0.4, -0.2) is 25.7 Å². The van der Waals surface area contributed by atoms with Gasteiger partial charge in [0.1, 0.15) is 0 Å². The van der Waals surface area contributed by atoms with Gasteiger partial charge in [0.25, 0.3) is 5.91 Å². The van der Waals surface area contributed by atoms with Crippen LogP contribution in [0.25, 0.3) is 0 Å². The van der Waals surface area contributed by atoms with E-state index in [1.165, 1.54) is 11.3 Å². The van der Waals surface area contributed by atoms with Gasteiger partial charge in [-0.25, -0.2) is 0 Å². The van der Waals surface area contributed by atoms with E-state index >= 15 is 0 Å². The quantitative estimate of drug-likeness (QED) is 0.771. The molecule has 16 heavy (non-hydrogen) atoms. The Kier molecular flexibility index (Phi) is 5.87. The van der Waals surface area contributed by atoms with Gasteiger partial charge in [-0.2, -0.15) is 0 Å². The van der Waals surface area contributed by atoms with E-state index in [9.17, 15) is 4.79 Å². The number of hydrogen-bond donors (Lipinski definition) is 2. The van der Waals surface area contributed by atoms with Crippen LogP contribution < -0.4 is 5.32 Å². The van der Waals surface area contributed by atoms with Crippen molar-refractivity contribution >= 4 is 29.9 Å². The van der Waals surface area contributed by atoms with Gasteiger partial charge in [0.15, 0.2) is 0 Å². The average Bonchev–Trinajstić information content (AvgIpc) is 2.65. The van der Waals surface area contributed by atoms with Crippen LogP contribution in [0, 0.1) is 0 Å². The molecule has 0 saturated heterocycles. The lowest BCUT2D eigenvalue weighted by Crippen LogP contribution is -2.37. The second-order valence-electron chi connectivity index (χ2n) is 3.58. The molecule has 5 heteroatoms. The first-order valence-corrected chi connectivity index (χ1v) is 6.57. The van der Waals surface area contributed by atoms with E-state index in [-0.39, 0.29) is 11.9 Å². The van der Waals surface area contributed by atoms with E-state index < -0.39 is 0 Å². The Balaban J connectivity index is 2.54. The van der Waals surface area contributed by atoms with Crippen molar-refractivity contribution in [2.24, 2.45) is 0 Å². The molecule has 0 fully saturated rings. The zero-order valence-electron chi connectivity index (χ0n) is 9.53. The number of hydrogen-bond acceptors (Lipinski definition) is 4. The van der Waals surface area contributed by atoms with Crippen molar-refractivity contribution in [3.63, 3.8) is 0 Å². The molecule has 90 valence electrons. The van der Waals surface area contributed by atoms with Crippen molar-refractivity contribution < 1.29 is 9.53 Å². The fraction of sp³-hybridized carbons (Fsp3) is 0.545. The molecule has 0 aliphatic heterocycles. The molecule has 0 aromatic carbocycles. The van der Waals surface area contributed by atoms with Gasteiger partial charge in [-0.15, -0.1) is 24.0 Å². The normalized spacial score (nSPS) is 12.4. The van der Waals surface area contributed by atoms with Crippen LogP contribution in [-0.2, 0) is 4.74 Å². The number of nitrogens with one attached hydrogen (secondary N) is 1. The van der Waals surface area contributed by atoms with Crippen LogP contribution in [0.2, 0.25) is 0 Å². The average molecular weight is 259 g/mol. The fourth-order valence-corrected chi connectivity index (χ4v) is 2.50. The SMILES string of the molecule is CCCC(COC)NC(=O)c1cc(S)cs1. The molecule has 1 amide bonds. The van der Waals surface area contributed by atoms with Crippen LogP contribution in [0.15, 0.2) is 16.3 Å². The highest BCUT2D eigenvalue weighted by molar-refractivity contribution is 7.80. The molecule has 0 radical (unpaired) electrons. The Morgan fingerprint density at radius 3 is 2.94 bits per heavy atom. The molecule has 3 nitrogen and oxygen atoms in total. The van der Waals surface area contributed by atoms with Crippen molar-refractivity contribution in [2.75, 3.05) is 13.7 Å². The fourth-order valence-electron chi connectivity index (χ4n) is 1.45. The molecule has 1 N–H and O–H groups in total. The number of thiol groups is 1. The molecular weight excluding hydrogens is 242 g/mol. The van der Waals surface area contributed by atoms with Crippen LogP contribution in [0.3, 0.4) is 0 Å². The molecule has 1 unspecified atom stereocenters. The summed E-state index contributed by atoms with van der Waals surface area (Å²) in [5.41, 5.74) is 0. The first kappa shape index (κ1) is 13.5. The second kappa shape index (κ2) is 6.93. The molecule has 1 aromatic rings. The van der Waals surface area contributed by atoms with Gasteiger partial charge in [0, 0.05) is 17.4 Å². The van der Waals surface area contributed by atoms with Crippen molar-refractivity contribution in [1.82, 2.24) is 5.32 Å². The number of methoxy groups -OCH3 is 1. The summed E-state index contributed by atoms with van der Waals surface area (Å²) in [5.74, 6) is -0.0409. The first-order chi connectivity index (χ1) is 7.67. The van der Waals surface area contributed by atoms with Gasteiger partial charge in [-0.05, 0) is 12.5 Å². The van der Waals surface area contributed by atoms with Crippen LogP contribution in [0.4, 0.5) is 0 Å². The monoisotopic (exact) mass is 259 g/mol. The molecule has 0 spiro atoms. The van der Waals surface area contributed by atoms with E-state index in [0.717, 1.165) is 17.7 Å². The largest absolute Gasteiger partial charge is 0.383 e. The van der Waals surface area contributed by atoms with Gasteiger partial charge >= 0.3 is 0 Å². The highest BCUT2D eigenvalue weighted by Crippen LogP contribution is 2.17. The van der Waals surface area contributed by atoms with Crippen molar-refractivity contribution in [1.29, 1.82) is 0 Å². The van der Waals surface area contributed by atoms with E-state index in [1.54, 1.807) is 13.2 Å². The van der Waals surface area contributed by atoms with E-state index in [0.29, 0.717) is 11.5 Å². The molecule has 1 rings (SSSR count). The van der Waals surface area contributed by atoms with E-state index in [4.69, 9.17) is 4.74 Å². The number of amides is 1. The Hall–Kier alpha value is -0.520. The summed E-state index contributed by atoms with van der Waals surface area (Å²) in [4.78, 5) is 13.4. The standard InChI is InChI=1S/C11H17NO2S2/c1-3-4-8(6-14-2)12-11(13)10-5-9(15)7-16-10/h5,7-8,15H,3-4,6H2,1-2H3,(H,12,13). The molecular formula is C11H17NO2S2. The van der Waals surface area contributed by atoms with Gasteiger partial charge in [-0.1, -0.05) is 13.3 Å². The number of ether oxygens (including phenoxy) is 1. The summed E-state index contributed by atoms with van der Waals surface area (Å²) in [7, 11) is 1.64. The minimum atomic E-state index is -0.0409. The maximum atomic E-state index is 11.8. The Morgan fingerprint density at radius 2 is 2.44 bits per heavy atom. The Morgan fingerprint density at radius 1 is 1.69 bits per heavy atom. The molecule has 0 bridgehead atoms. The van der Waals surface area contributed by atoms with Gasteiger partial charge < -0.3 is 10.1 Å². The molecule has 1 aromatic heterocycles. The predicted molar refractivity (Wildman–Crippen MR) is 69.6 cm³/mol. The van der Waals surface area contributed by atoms with Crippen LogP contribution >= 0.6 is 24.0 Å². The first-order valence-electron chi connectivity index (χ1n) is 5.24. The molecule has 1 atom stereocenters. The van der Waals surface area contributed by atoms with Gasteiger partial charge in [0.2, 0.25) is 0 Å². The lowest BCUT2D eigenvalue weighted by atomic mass is 10.2. The number of thiophene rings is 1. The maximum Gasteiger partial charge on any atom is 0.261 e. The summed E-state index contributed by atoms with van der Waals surface area (Å²) in [6, 6.07) is 1.87. The summed E-state index contributed by atoms with van der Waals surface area (Å²) >= 11 is 5.59. The topological polar surface area (TPSA) is 38.3 Å². The number of carbonyl (C=O) groups excluding carboxylic acids is 1. The summed E-state index contributed by atoms with van der Waals surface area (Å²) < 4.78 is 5.07.